The molecule has 2 heterocycles. The molecule has 1 N–H and O–H groups in total. The van der Waals surface area contributed by atoms with Crippen LogP contribution in [0.15, 0.2) is 30.7 Å². The van der Waals surface area contributed by atoms with E-state index in [9.17, 15) is 0 Å². The third-order valence-corrected chi connectivity index (χ3v) is 1.63. The first kappa shape index (κ1) is 8.52. The van der Waals surface area contributed by atoms with E-state index < -0.39 is 0 Å². The molecule has 2 rings (SSSR count). The van der Waals surface area contributed by atoms with E-state index in [1.54, 1.807) is 0 Å². The number of nitrogens with one attached hydrogen (secondary N) is 1. The zero-order valence-electron chi connectivity index (χ0n) is 6.21. The standard InChI is InChI=1S/C8H8N2.HI/c1-10-5-3-7-2-4-9-8(7)6-10;/h2-6H,1H3;1H. The van der Waals surface area contributed by atoms with Gasteiger partial charge < -0.3 is 29.0 Å². The van der Waals surface area contributed by atoms with E-state index in [-0.39, 0.29) is 24.0 Å². The lowest BCUT2D eigenvalue weighted by molar-refractivity contribution is -0.670. The van der Waals surface area contributed by atoms with Gasteiger partial charge >= 0.3 is 0 Å². The van der Waals surface area contributed by atoms with E-state index in [0.29, 0.717) is 0 Å². The van der Waals surface area contributed by atoms with Gasteiger partial charge in [0.05, 0.1) is 0 Å². The molecule has 0 amide bonds. The van der Waals surface area contributed by atoms with Crippen LogP contribution in [-0.4, -0.2) is 4.98 Å². The summed E-state index contributed by atoms with van der Waals surface area (Å²) >= 11 is 0. The first-order valence-electron chi connectivity index (χ1n) is 3.28. The highest BCUT2D eigenvalue weighted by Crippen LogP contribution is 2.06. The third-order valence-electron chi connectivity index (χ3n) is 1.63. The summed E-state index contributed by atoms with van der Waals surface area (Å²) in [6, 6.07) is 4.15. The maximum atomic E-state index is 3.14. The summed E-state index contributed by atoms with van der Waals surface area (Å²) in [7, 11) is 2.01. The lowest BCUT2D eigenvalue weighted by atomic mass is 10.3. The Balaban J connectivity index is 0.000000605. The minimum absolute atomic E-state index is 0. The molecule has 0 saturated heterocycles. The number of hydrogen-bond donors (Lipinski definition) is 1. The maximum absolute atomic E-state index is 3.14. The summed E-state index contributed by atoms with van der Waals surface area (Å²) in [5.41, 5.74) is 1.19. The molecular formula is C8H9IN2. The van der Waals surface area contributed by atoms with Crippen LogP contribution in [-0.2, 0) is 7.05 Å². The number of aromatic nitrogens is 2. The van der Waals surface area contributed by atoms with Gasteiger partial charge in [-0.2, -0.15) is 0 Å². The van der Waals surface area contributed by atoms with Gasteiger partial charge in [-0.1, -0.05) is 0 Å². The van der Waals surface area contributed by atoms with Crippen LogP contribution in [0.3, 0.4) is 0 Å². The maximum Gasteiger partial charge on any atom is 0.192 e. The second-order valence-electron chi connectivity index (χ2n) is 2.46. The molecular weight excluding hydrogens is 251 g/mol. The summed E-state index contributed by atoms with van der Waals surface area (Å²) in [5, 5.41) is 1.26. The van der Waals surface area contributed by atoms with Gasteiger partial charge in [0, 0.05) is 17.6 Å². The van der Waals surface area contributed by atoms with E-state index in [1.807, 2.05) is 24.0 Å². The zero-order valence-corrected chi connectivity index (χ0v) is 8.37. The molecule has 58 valence electrons. The van der Waals surface area contributed by atoms with Crippen molar-refractivity contribution < 1.29 is 28.5 Å². The van der Waals surface area contributed by atoms with E-state index in [1.165, 1.54) is 10.9 Å². The molecule has 0 fully saturated rings. The number of nitrogens with zero attached hydrogens (tertiary/aromatic N) is 1. The highest BCUT2D eigenvalue weighted by Gasteiger charge is 1.96. The number of pyridine rings is 1. The number of hydrogen-bond acceptors (Lipinski definition) is 0. The highest BCUT2D eigenvalue weighted by molar-refractivity contribution is 5.76. The molecule has 0 aliphatic heterocycles. The quantitative estimate of drug-likeness (QED) is 0.417. The number of rotatable bonds is 0. The van der Waals surface area contributed by atoms with Crippen LogP contribution in [0, 0.1) is 0 Å². The Bertz CT molecular complexity index is 354. The third kappa shape index (κ3) is 1.53. The molecule has 0 bridgehead atoms. The Kier molecular flexibility index (Phi) is 2.49. The molecule has 2 nitrogen and oxygen atoms in total. The van der Waals surface area contributed by atoms with Crippen LogP contribution in [0.2, 0.25) is 0 Å². The molecule has 0 aliphatic carbocycles. The van der Waals surface area contributed by atoms with E-state index in [4.69, 9.17) is 0 Å². The number of aromatic amines is 1. The zero-order chi connectivity index (χ0) is 6.97. The summed E-state index contributed by atoms with van der Waals surface area (Å²) < 4.78 is 2.03. The predicted octanol–water partition coefficient (Wildman–Crippen LogP) is -2.00. The molecule has 0 aromatic carbocycles. The predicted molar refractivity (Wildman–Crippen MR) is 39.5 cm³/mol. The molecule has 0 spiro atoms. The Hall–Kier alpha value is -0.580. The molecule has 2 aromatic rings. The first-order chi connectivity index (χ1) is 4.86. The van der Waals surface area contributed by atoms with Crippen LogP contribution in [0.5, 0.6) is 0 Å². The lowest BCUT2D eigenvalue weighted by Crippen LogP contribution is -3.00. The van der Waals surface area contributed by atoms with Gasteiger partial charge in [0.15, 0.2) is 12.4 Å². The first-order valence-corrected chi connectivity index (χ1v) is 3.28. The Morgan fingerprint density at radius 1 is 1.36 bits per heavy atom. The van der Waals surface area contributed by atoms with Crippen molar-refractivity contribution in [3.63, 3.8) is 0 Å². The van der Waals surface area contributed by atoms with Gasteiger partial charge in [-0.3, -0.25) is 0 Å². The fraction of sp³-hybridized carbons (Fsp3) is 0.125. The van der Waals surface area contributed by atoms with Crippen molar-refractivity contribution in [2.75, 3.05) is 0 Å². The summed E-state index contributed by atoms with van der Waals surface area (Å²) in [4.78, 5) is 3.14. The Labute approximate surface area is 82.3 Å². The molecule has 0 radical (unpaired) electrons. The lowest BCUT2D eigenvalue weighted by Gasteiger charge is -1.85. The van der Waals surface area contributed by atoms with Crippen molar-refractivity contribution in [2.45, 2.75) is 0 Å². The average molecular weight is 260 g/mol. The van der Waals surface area contributed by atoms with Gasteiger partial charge in [0.2, 0.25) is 0 Å². The fourth-order valence-corrected chi connectivity index (χ4v) is 1.10. The van der Waals surface area contributed by atoms with Crippen molar-refractivity contribution >= 4 is 10.9 Å². The summed E-state index contributed by atoms with van der Waals surface area (Å²) in [6.07, 6.45) is 6.05. The minimum atomic E-state index is 0. The van der Waals surface area contributed by atoms with Gasteiger partial charge in [0.25, 0.3) is 0 Å². The van der Waals surface area contributed by atoms with E-state index in [0.717, 1.165) is 0 Å². The fourth-order valence-electron chi connectivity index (χ4n) is 1.10. The minimum Gasteiger partial charge on any atom is -1.00 e. The van der Waals surface area contributed by atoms with Crippen molar-refractivity contribution in [2.24, 2.45) is 7.05 Å². The van der Waals surface area contributed by atoms with Crippen LogP contribution < -0.4 is 28.5 Å². The van der Waals surface area contributed by atoms with Crippen molar-refractivity contribution in [1.82, 2.24) is 4.98 Å². The number of halogens is 1. The van der Waals surface area contributed by atoms with Crippen molar-refractivity contribution in [3.05, 3.63) is 30.7 Å². The summed E-state index contributed by atoms with van der Waals surface area (Å²) in [6.45, 7) is 0. The van der Waals surface area contributed by atoms with Crippen LogP contribution in [0.1, 0.15) is 0 Å². The van der Waals surface area contributed by atoms with Crippen LogP contribution in [0.4, 0.5) is 0 Å². The largest absolute Gasteiger partial charge is 1.00 e. The number of fused-ring (bicyclic) bond motifs is 1. The van der Waals surface area contributed by atoms with Crippen LogP contribution in [0.25, 0.3) is 10.9 Å². The molecule has 0 saturated carbocycles. The normalized spacial score (nSPS) is 9.55. The molecule has 11 heavy (non-hydrogen) atoms. The van der Waals surface area contributed by atoms with Crippen molar-refractivity contribution in [1.29, 1.82) is 0 Å². The second-order valence-corrected chi connectivity index (χ2v) is 2.46. The smallest absolute Gasteiger partial charge is 0.192 e. The molecule has 0 atom stereocenters. The molecule has 3 heteroatoms. The molecule has 0 unspecified atom stereocenters. The number of H-pyrrole nitrogens is 1. The Morgan fingerprint density at radius 3 is 3.00 bits per heavy atom. The molecule has 0 aliphatic rings. The van der Waals surface area contributed by atoms with Gasteiger partial charge in [-0.05, 0) is 6.07 Å². The molecule has 2 aromatic heterocycles. The Morgan fingerprint density at radius 2 is 2.18 bits per heavy atom. The van der Waals surface area contributed by atoms with E-state index in [2.05, 4.69) is 23.3 Å². The van der Waals surface area contributed by atoms with Gasteiger partial charge in [0.1, 0.15) is 12.6 Å². The van der Waals surface area contributed by atoms with Gasteiger partial charge in [-0.25, -0.2) is 4.57 Å². The van der Waals surface area contributed by atoms with Crippen LogP contribution >= 0.6 is 0 Å². The van der Waals surface area contributed by atoms with Gasteiger partial charge in [-0.15, -0.1) is 0 Å². The number of aryl methyl sites for hydroxylation is 1. The highest BCUT2D eigenvalue weighted by atomic mass is 127. The SMILES string of the molecule is C[n+]1ccc2cc[nH]c2c1.[I-]. The average Bonchev–Trinajstić information content (AvgIpc) is 2.33. The van der Waals surface area contributed by atoms with Crippen molar-refractivity contribution in [3.8, 4) is 0 Å². The van der Waals surface area contributed by atoms with E-state index >= 15 is 0 Å². The second kappa shape index (κ2) is 3.21. The summed E-state index contributed by atoms with van der Waals surface area (Å²) in [5.74, 6) is 0. The topological polar surface area (TPSA) is 19.7 Å². The monoisotopic (exact) mass is 260 g/mol.